The molecule has 1 aromatic heterocycles. The maximum absolute atomic E-state index is 13.6. The molecule has 0 spiro atoms. The van der Waals surface area contributed by atoms with E-state index in [1.165, 1.54) is 0 Å². The van der Waals surface area contributed by atoms with Gasteiger partial charge in [0.2, 0.25) is 5.91 Å². The summed E-state index contributed by atoms with van der Waals surface area (Å²) in [6, 6.07) is 30.7. The molecule has 3 amide bonds. The minimum Gasteiger partial charge on any atom is -0.354 e. The molecular weight excluding hydrogens is 628 g/mol. The summed E-state index contributed by atoms with van der Waals surface area (Å²) in [6.07, 6.45) is 2.13. The Balaban J connectivity index is 1.09. The zero-order valence-electron chi connectivity index (χ0n) is 28.4. The van der Waals surface area contributed by atoms with Crippen molar-refractivity contribution in [3.8, 4) is 0 Å². The summed E-state index contributed by atoms with van der Waals surface area (Å²) in [5, 5.41) is 9.34. The van der Waals surface area contributed by atoms with Gasteiger partial charge in [0.05, 0.1) is 34.5 Å². The third kappa shape index (κ3) is 6.87. The molecule has 1 saturated heterocycles. The van der Waals surface area contributed by atoms with Gasteiger partial charge in [0.25, 0.3) is 11.8 Å². The molecule has 4 aromatic carbocycles. The van der Waals surface area contributed by atoms with Crippen molar-refractivity contribution in [1.82, 2.24) is 19.8 Å². The molecule has 0 bridgehead atoms. The van der Waals surface area contributed by atoms with Gasteiger partial charge in [-0.15, -0.1) is 0 Å². The van der Waals surface area contributed by atoms with Crippen LogP contribution >= 0.6 is 0 Å². The number of para-hydroxylation sites is 2. The van der Waals surface area contributed by atoms with E-state index in [1.54, 1.807) is 17.0 Å². The number of nitrogens with zero attached hydrogens (tertiary/aromatic N) is 4. The monoisotopic (exact) mass is 668 g/mol. The van der Waals surface area contributed by atoms with E-state index in [9.17, 15) is 14.4 Å². The molecule has 50 heavy (non-hydrogen) atoms. The Morgan fingerprint density at radius 3 is 2.28 bits per heavy atom. The number of aromatic amines is 1. The number of piperidine rings is 1. The first-order chi connectivity index (χ1) is 24.2. The van der Waals surface area contributed by atoms with Crippen molar-refractivity contribution in [3.63, 3.8) is 0 Å². The summed E-state index contributed by atoms with van der Waals surface area (Å²) in [4.78, 5) is 53.3. The molecule has 11 nitrogen and oxygen atoms in total. The lowest BCUT2D eigenvalue weighted by Crippen LogP contribution is -2.46. The molecule has 3 heterocycles. The lowest BCUT2D eigenvalue weighted by Gasteiger charge is -2.35. The average Bonchev–Trinajstić information content (AvgIpc) is 3.71. The third-order valence-corrected chi connectivity index (χ3v) is 9.48. The Labute approximate surface area is 291 Å². The molecular formula is C39H40N8O3. The first-order valence-electron chi connectivity index (χ1n) is 16.8. The normalized spacial score (nSPS) is 15.9. The van der Waals surface area contributed by atoms with Crippen molar-refractivity contribution in [1.29, 1.82) is 0 Å². The Bertz CT molecular complexity index is 2050. The molecule has 5 aromatic rings. The van der Waals surface area contributed by atoms with E-state index in [2.05, 4.69) is 49.8 Å². The van der Waals surface area contributed by atoms with Crippen LogP contribution in [0.2, 0.25) is 0 Å². The van der Waals surface area contributed by atoms with E-state index in [1.807, 2.05) is 92.0 Å². The van der Waals surface area contributed by atoms with Gasteiger partial charge in [0.1, 0.15) is 0 Å². The number of amides is 3. The fourth-order valence-corrected chi connectivity index (χ4v) is 6.58. The summed E-state index contributed by atoms with van der Waals surface area (Å²) in [6.45, 7) is 2.22. The van der Waals surface area contributed by atoms with Crippen LogP contribution < -0.4 is 20.9 Å². The summed E-state index contributed by atoms with van der Waals surface area (Å²) in [7, 11) is 6.03. The number of aromatic nitrogens is 2. The number of fused-ring (bicyclic) bond motifs is 2. The first kappa shape index (κ1) is 32.8. The second-order valence-corrected chi connectivity index (χ2v) is 13.0. The van der Waals surface area contributed by atoms with Gasteiger partial charge in [-0.2, -0.15) is 0 Å². The molecule has 0 radical (unpaired) electrons. The minimum atomic E-state index is -0.381. The van der Waals surface area contributed by atoms with Crippen molar-refractivity contribution >= 4 is 62.8 Å². The number of hydrogen-bond donors (Lipinski definition) is 4. The lowest BCUT2D eigenvalue weighted by molar-refractivity contribution is -0.119. The zero-order chi connectivity index (χ0) is 34.8. The van der Waals surface area contributed by atoms with Crippen LogP contribution in [0.25, 0.3) is 22.3 Å². The predicted molar refractivity (Wildman–Crippen MR) is 199 cm³/mol. The van der Waals surface area contributed by atoms with Crippen LogP contribution in [0, 0.1) is 0 Å². The van der Waals surface area contributed by atoms with Gasteiger partial charge in [0.15, 0.2) is 5.82 Å². The average molecular weight is 669 g/mol. The van der Waals surface area contributed by atoms with Crippen molar-refractivity contribution < 1.29 is 14.4 Å². The number of likely N-dealkylation sites (tertiary alicyclic amines) is 1. The van der Waals surface area contributed by atoms with E-state index >= 15 is 0 Å². The summed E-state index contributed by atoms with van der Waals surface area (Å²) in [5.41, 5.74) is 6.81. The van der Waals surface area contributed by atoms with Crippen LogP contribution in [0.15, 0.2) is 97.1 Å². The van der Waals surface area contributed by atoms with Crippen LogP contribution in [0.5, 0.6) is 0 Å². The smallest absolute Gasteiger partial charge is 0.291 e. The maximum Gasteiger partial charge on any atom is 0.291 e. The molecule has 0 unspecified atom stereocenters. The number of nitrogens with one attached hydrogen (secondary N) is 4. The van der Waals surface area contributed by atoms with Gasteiger partial charge in [-0.1, -0.05) is 42.5 Å². The van der Waals surface area contributed by atoms with Crippen LogP contribution in [0.4, 0.5) is 22.7 Å². The van der Waals surface area contributed by atoms with Gasteiger partial charge in [-0.05, 0) is 87.1 Å². The molecule has 254 valence electrons. The molecule has 0 atom stereocenters. The Morgan fingerprint density at radius 2 is 1.56 bits per heavy atom. The van der Waals surface area contributed by atoms with Crippen LogP contribution in [0.1, 0.15) is 34.6 Å². The number of benzene rings is 4. The number of carbonyl (C=O) groups is 3. The summed E-state index contributed by atoms with van der Waals surface area (Å²) in [5.74, 6) is -0.390. The van der Waals surface area contributed by atoms with E-state index in [-0.39, 0.29) is 23.5 Å². The SMILES string of the molecule is CN(C(=O)CN1CCC(N(C)C)CC1)c1ccc(N/C(=C2\C(=O)Nc3cc(NC(=O)c4nc5ccccc5[nH]4)ccc32)c2ccccc2)cc1. The first-order valence-corrected chi connectivity index (χ1v) is 16.8. The highest BCUT2D eigenvalue weighted by Crippen LogP contribution is 2.39. The third-order valence-electron chi connectivity index (χ3n) is 9.48. The number of hydrogen-bond acceptors (Lipinski definition) is 7. The molecule has 4 N–H and O–H groups in total. The Kier molecular flexibility index (Phi) is 9.16. The largest absolute Gasteiger partial charge is 0.354 e. The molecule has 2 aliphatic rings. The molecule has 7 rings (SSSR count). The van der Waals surface area contributed by atoms with E-state index < -0.39 is 0 Å². The van der Waals surface area contributed by atoms with Gasteiger partial charge in [0, 0.05) is 48.8 Å². The number of carbonyl (C=O) groups excluding carboxylic acids is 3. The van der Waals surface area contributed by atoms with Gasteiger partial charge < -0.3 is 30.7 Å². The van der Waals surface area contributed by atoms with Gasteiger partial charge >= 0.3 is 0 Å². The van der Waals surface area contributed by atoms with E-state index in [4.69, 9.17) is 0 Å². The second kappa shape index (κ2) is 14.0. The molecule has 2 aliphatic heterocycles. The summed E-state index contributed by atoms with van der Waals surface area (Å²) < 4.78 is 0. The van der Waals surface area contributed by atoms with Gasteiger partial charge in [-0.3, -0.25) is 19.3 Å². The van der Waals surface area contributed by atoms with Crippen LogP contribution in [-0.4, -0.2) is 84.3 Å². The number of anilines is 4. The minimum absolute atomic E-state index is 0.0495. The Morgan fingerprint density at radius 1 is 0.860 bits per heavy atom. The van der Waals surface area contributed by atoms with Crippen molar-refractivity contribution in [3.05, 3.63) is 114 Å². The maximum atomic E-state index is 13.6. The van der Waals surface area contributed by atoms with Crippen molar-refractivity contribution in [2.75, 3.05) is 61.6 Å². The van der Waals surface area contributed by atoms with Crippen LogP contribution in [0.3, 0.4) is 0 Å². The fourth-order valence-electron chi connectivity index (χ4n) is 6.58. The number of H-pyrrole nitrogens is 1. The summed E-state index contributed by atoms with van der Waals surface area (Å²) >= 11 is 0. The van der Waals surface area contributed by atoms with Crippen LogP contribution in [-0.2, 0) is 9.59 Å². The second-order valence-electron chi connectivity index (χ2n) is 13.0. The molecule has 11 heteroatoms. The van der Waals surface area contributed by atoms with Crippen molar-refractivity contribution in [2.24, 2.45) is 0 Å². The molecule has 1 fully saturated rings. The Hall–Kier alpha value is -5.78. The lowest BCUT2D eigenvalue weighted by atomic mass is 9.99. The number of rotatable bonds is 9. The van der Waals surface area contributed by atoms with Crippen molar-refractivity contribution in [2.45, 2.75) is 18.9 Å². The highest BCUT2D eigenvalue weighted by molar-refractivity contribution is 6.37. The highest BCUT2D eigenvalue weighted by Gasteiger charge is 2.29. The predicted octanol–water partition coefficient (Wildman–Crippen LogP) is 5.74. The number of likely N-dealkylation sites (N-methyl/N-ethyl adjacent to an activating group) is 1. The van der Waals surface area contributed by atoms with Gasteiger partial charge in [-0.25, -0.2) is 4.98 Å². The fraction of sp³-hybridized carbons (Fsp3) is 0.231. The standard InChI is InChI=1S/C39H40N8O3/c1-45(2)28-19-21-47(22-20-28)24-34(48)46(3)29-16-13-26(14-17-29)40-36(25-9-5-4-6-10-25)35-30-18-15-27(23-33(30)44-38(35)49)41-39(50)37-42-31-11-7-8-12-32(31)43-37/h4-18,23,28,40H,19-22,24H2,1-3H3,(H,41,50)(H,42,43)(H,44,49)/b36-35-. The molecule has 0 saturated carbocycles. The van der Waals surface area contributed by atoms with E-state index in [0.717, 1.165) is 48.4 Å². The number of imidazole rings is 1. The molecule has 0 aliphatic carbocycles. The highest BCUT2D eigenvalue weighted by atomic mass is 16.2. The topological polar surface area (TPSA) is 126 Å². The van der Waals surface area contributed by atoms with E-state index in [0.29, 0.717) is 46.3 Å². The zero-order valence-corrected chi connectivity index (χ0v) is 28.4. The quantitative estimate of drug-likeness (QED) is 0.148.